The van der Waals surface area contributed by atoms with E-state index in [0.29, 0.717) is 3.58 Å². The van der Waals surface area contributed by atoms with Gasteiger partial charge in [0.2, 0.25) is 0 Å². The minimum Gasteiger partial charge on any atom is -0.404 e. The minimum atomic E-state index is 0.140. The molecule has 0 heterocycles. The van der Waals surface area contributed by atoms with Gasteiger partial charge in [0.15, 0.2) is 0 Å². The molecular weight excluding hydrogens is 286 g/mol. The second-order valence-corrected chi connectivity index (χ2v) is 3.25. The first-order chi connectivity index (χ1) is 4.57. The minimum absolute atomic E-state index is 0.140. The third-order valence-electron chi connectivity index (χ3n) is 0.563. The molecule has 0 atom stereocenters. The van der Waals surface area contributed by atoms with Crippen LogP contribution in [0.4, 0.5) is 0 Å². The molecule has 2 N–H and O–H groups in total. The summed E-state index contributed by atoms with van der Waals surface area (Å²) >= 11 is 12.8. The Morgan fingerprint density at radius 3 is 2.40 bits per heavy atom. The van der Waals surface area contributed by atoms with Crippen LogP contribution in [0.5, 0.6) is 0 Å². The van der Waals surface area contributed by atoms with Crippen molar-refractivity contribution in [2.75, 3.05) is 0 Å². The quantitative estimate of drug-likeness (QED) is 0.474. The molecule has 0 amide bonds. The molecule has 56 valence electrons. The van der Waals surface area contributed by atoms with Gasteiger partial charge < -0.3 is 5.73 Å². The number of nitrogens with zero attached hydrogens (tertiary/aromatic N) is 1. The van der Waals surface area contributed by atoms with Gasteiger partial charge in [-0.1, -0.05) is 29.8 Å². The lowest BCUT2D eigenvalue weighted by atomic mass is 10.6. The SMILES string of the molecule is C=C(Cl)N=C(Cl)/C(I)=C\N. The van der Waals surface area contributed by atoms with Gasteiger partial charge in [-0.2, -0.15) is 0 Å². The Morgan fingerprint density at radius 2 is 2.10 bits per heavy atom. The zero-order chi connectivity index (χ0) is 8.15. The fraction of sp³-hybridized carbons (Fsp3) is 0. The van der Waals surface area contributed by atoms with Crippen molar-refractivity contribution in [3.8, 4) is 0 Å². The van der Waals surface area contributed by atoms with Crippen LogP contribution in [0.15, 0.2) is 26.5 Å². The Hall–Kier alpha value is 0.260. The molecule has 5 heteroatoms. The Morgan fingerprint density at radius 1 is 1.60 bits per heavy atom. The summed E-state index contributed by atoms with van der Waals surface area (Å²) in [5.41, 5.74) is 5.14. The average Bonchev–Trinajstić information content (AvgIpc) is 1.85. The molecule has 0 bridgehead atoms. The van der Waals surface area contributed by atoms with Crippen molar-refractivity contribution in [3.63, 3.8) is 0 Å². The summed E-state index contributed by atoms with van der Waals surface area (Å²) in [6.45, 7) is 3.33. The zero-order valence-electron chi connectivity index (χ0n) is 4.94. The maximum atomic E-state index is 5.58. The molecular formula is C5H5Cl2IN2. The van der Waals surface area contributed by atoms with E-state index in [1.165, 1.54) is 6.20 Å². The van der Waals surface area contributed by atoms with Crippen LogP contribution in [0.25, 0.3) is 0 Å². The molecule has 0 rings (SSSR count). The number of allylic oxidation sites excluding steroid dienone is 1. The van der Waals surface area contributed by atoms with Crippen molar-refractivity contribution >= 4 is 51.0 Å². The molecule has 0 fully saturated rings. The van der Waals surface area contributed by atoms with Crippen LogP contribution >= 0.6 is 45.8 Å². The van der Waals surface area contributed by atoms with E-state index in [0.717, 1.165) is 0 Å². The number of rotatable bonds is 2. The third kappa shape index (κ3) is 4.14. The third-order valence-corrected chi connectivity index (χ3v) is 2.12. The van der Waals surface area contributed by atoms with Crippen molar-refractivity contribution in [1.82, 2.24) is 0 Å². The Kier molecular flexibility index (Phi) is 5.11. The molecule has 0 saturated heterocycles. The summed E-state index contributed by atoms with van der Waals surface area (Å²) in [7, 11) is 0. The summed E-state index contributed by atoms with van der Waals surface area (Å²) in [6, 6.07) is 0. The van der Waals surface area contributed by atoms with Gasteiger partial charge in [0.25, 0.3) is 0 Å². The maximum Gasteiger partial charge on any atom is 0.145 e. The molecule has 0 unspecified atom stereocenters. The first-order valence-electron chi connectivity index (χ1n) is 2.24. The van der Waals surface area contributed by atoms with Gasteiger partial charge in [-0.15, -0.1) is 0 Å². The lowest BCUT2D eigenvalue weighted by molar-refractivity contribution is 1.54. The molecule has 0 saturated carbocycles. The first-order valence-corrected chi connectivity index (χ1v) is 4.07. The van der Waals surface area contributed by atoms with E-state index in [-0.39, 0.29) is 10.3 Å². The van der Waals surface area contributed by atoms with Gasteiger partial charge in [0, 0.05) is 6.20 Å². The normalized spacial score (nSPS) is 13.5. The van der Waals surface area contributed by atoms with Crippen LogP contribution in [0.2, 0.25) is 0 Å². The maximum absolute atomic E-state index is 5.58. The zero-order valence-corrected chi connectivity index (χ0v) is 8.61. The predicted molar refractivity (Wildman–Crippen MR) is 54.6 cm³/mol. The smallest absolute Gasteiger partial charge is 0.145 e. The number of hydrogen-bond donors (Lipinski definition) is 1. The highest BCUT2D eigenvalue weighted by Crippen LogP contribution is 2.13. The summed E-state index contributed by atoms with van der Waals surface area (Å²) in [4.78, 5) is 3.65. The standard InChI is InChI=1S/C5H5Cl2IN2/c1-3(6)10-5(7)4(8)2-9/h2H,1,9H2/b4-2+,10-5?. The summed E-state index contributed by atoms with van der Waals surface area (Å²) in [6.07, 6.45) is 1.34. The van der Waals surface area contributed by atoms with Crippen molar-refractivity contribution in [2.45, 2.75) is 0 Å². The number of aliphatic imine (C=N–C) groups is 1. The van der Waals surface area contributed by atoms with Gasteiger partial charge in [-0.25, -0.2) is 4.99 Å². The van der Waals surface area contributed by atoms with E-state index in [2.05, 4.69) is 11.6 Å². The highest BCUT2D eigenvalue weighted by molar-refractivity contribution is 14.1. The molecule has 0 radical (unpaired) electrons. The highest BCUT2D eigenvalue weighted by Gasteiger charge is 1.97. The number of nitrogens with two attached hydrogens (primary N) is 1. The van der Waals surface area contributed by atoms with Crippen molar-refractivity contribution in [2.24, 2.45) is 10.7 Å². The largest absolute Gasteiger partial charge is 0.404 e. The van der Waals surface area contributed by atoms with Gasteiger partial charge in [-0.3, -0.25) is 0 Å². The average molecular weight is 291 g/mol. The highest BCUT2D eigenvalue weighted by atomic mass is 127. The van der Waals surface area contributed by atoms with Crippen LogP contribution in [0.3, 0.4) is 0 Å². The molecule has 0 spiro atoms. The van der Waals surface area contributed by atoms with Crippen LogP contribution in [0.1, 0.15) is 0 Å². The summed E-state index contributed by atoms with van der Waals surface area (Å²) < 4.78 is 0.640. The predicted octanol–water partition coefficient (Wildman–Crippen LogP) is 2.57. The van der Waals surface area contributed by atoms with Gasteiger partial charge in [0.05, 0.1) is 3.58 Å². The lowest BCUT2D eigenvalue weighted by Gasteiger charge is -1.91. The van der Waals surface area contributed by atoms with Crippen molar-refractivity contribution < 1.29 is 0 Å². The molecule has 10 heavy (non-hydrogen) atoms. The second-order valence-electron chi connectivity index (χ2n) is 1.29. The molecule has 0 aliphatic rings. The van der Waals surface area contributed by atoms with E-state index < -0.39 is 0 Å². The van der Waals surface area contributed by atoms with Crippen LogP contribution in [0, 0.1) is 0 Å². The van der Waals surface area contributed by atoms with Crippen LogP contribution in [-0.4, -0.2) is 5.17 Å². The molecule has 0 aromatic heterocycles. The van der Waals surface area contributed by atoms with E-state index in [1.807, 2.05) is 22.6 Å². The second kappa shape index (κ2) is 4.98. The molecule has 2 nitrogen and oxygen atoms in total. The molecule has 0 aromatic rings. The van der Waals surface area contributed by atoms with Gasteiger partial charge >= 0.3 is 0 Å². The monoisotopic (exact) mass is 290 g/mol. The fourth-order valence-corrected chi connectivity index (χ4v) is 0.642. The molecule has 0 aliphatic carbocycles. The van der Waals surface area contributed by atoms with E-state index in [4.69, 9.17) is 28.9 Å². The number of hydrogen-bond acceptors (Lipinski definition) is 2. The van der Waals surface area contributed by atoms with E-state index in [1.54, 1.807) is 0 Å². The molecule has 0 aromatic carbocycles. The fourth-order valence-electron chi connectivity index (χ4n) is 0.229. The van der Waals surface area contributed by atoms with Gasteiger partial charge in [0.1, 0.15) is 10.3 Å². The Balaban J connectivity index is 4.35. The topological polar surface area (TPSA) is 38.4 Å². The Bertz CT molecular complexity index is 198. The summed E-state index contributed by atoms with van der Waals surface area (Å²) in [5.74, 6) is 0. The van der Waals surface area contributed by atoms with Gasteiger partial charge in [-0.05, 0) is 22.6 Å². The summed E-state index contributed by atoms with van der Waals surface area (Å²) in [5, 5.41) is 0.393. The van der Waals surface area contributed by atoms with Crippen molar-refractivity contribution in [3.05, 3.63) is 21.5 Å². The number of halogens is 3. The first kappa shape index (κ1) is 10.3. The van der Waals surface area contributed by atoms with Crippen LogP contribution in [-0.2, 0) is 0 Å². The molecule has 0 aliphatic heterocycles. The van der Waals surface area contributed by atoms with E-state index >= 15 is 0 Å². The van der Waals surface area contributed by atoms with E-state index in [9.17, 15) is 0 Å². The van der Waals surface area contributed by atoms with Crippen LogP contribution < -0.4 is 5.73 Å². The van der Waals surface area contributed by atoms with Crippen molar-refractivity contribution in [1.29, 1.82) is 0 Å². The Labute approximate surface area is 82.9 Å². The lowest BCUT2D eigenvalue weighted by Crippen LogP contribution is -1.90.